The highest BCUT2D eigenvalue weighted by atomic mass is 32.2. The first-order valence-electron chi connectivity index (χ1n) is 17.5. The Labute approximate surface area is 324 Å². The van der Waals surface area contributed by atoms with E-state index in [2.05, 4.69) is 32.1 Å². The lowest BCUT2D eigenvalue weighted by atomic mass is 9.84. The first-order valence-corrected chi connectivity index (χ1v) is 19.4. The Balaban J connectivity index is 1.27. The summed E-state index contributed by atoms with van der Waals surface area (Å²) in [6.07, 6.45) is -4.65. The zero-order valence-electron chi connectivity index (χ0n) is 30.2. The minimum absolute atomic E-state index is 0.0156. The molecule has 4 N–H and O–H groups in total. The first kappa shape index (κ1) is 38.8. The Kier molecular flexibility index (Phi) is 9.07. The number of amides is 2. The topological polar surface area (TPSA) is 170 Å². The van der Waals surface area contributed by atoms with Crippen LogP contribution in [0, 0.1) is 29.4 Å². The Morgan fingerprint density at radius 1 is 1.07 bits per heavy atom. The molecular weight excluding hydrogens is 800 g/mol. The van der Waals surface area contributed by atoms with E-state index in [0.717, 1.165) is 18.4 Å². The van der Waals surface area contributed by atoms with Crippen molar-refractivity contribution in [2.75, 3.05) is 22.4 Å². The molecule has 58 heavy (non-hydrogen) atoms. The maximum atomic E-state index is 15.6. The molecule has 0 spiro atoms. The van der Waals surface area contributed by atoms with Gasteiger partial charge >= 0.3 is 12.1 Å². The van der Waals surface area contributed by atoms with E-state index in [4.69, 9.17) is 10.7 Å². The molecule has 302 valence electrons. The molecule has 13 nitrogen and oxygen atoms in total. The summed E-state index contributed by atoms with van der Waals surface area (Å²) < 4.78 is 131. The molecule has 2 amide bonds. The highest BCUT2D eigenvalue weighted by Crippen LogP contribution is 2.58. The lowest BCUT2D eigenvalue weighted by Crippen LogP contribution is -2.36. The number of rotatable bonds is 10. The highest BCUT2D eigenvalue weighted by molar-refractivity contribution is 7.92. The molecule has 3 aliphatic rings. The fourth-order valence-corrected chi connectivity index (χ4v) is 8.31. The summed E-state index contributed by atoms with van der Waals surface area (Å²) >= 11 is 0. The second-order valence-corrected chi connectivity index (χ2v) is 16.1. The molecule has 0 saturated carbocycles. The van der Waals surface area contributed by atoms with Crippen molar-refractivity contribution >= 4 is 44.4 Å². The van der Waals surface area contributed by atoms with Crippen LogP contribution in [0.1, 0.15) is 46.6 Å². The van der Waals surface area contributed by atoms with Crippen LogP contribution < -0.4 is 20.7 Å². The molecule has 5 aromatic rings. The van der Waals surface area contributed by atoms with Crippen LogP contribution in [-0.2, 0) is 51.7 Å². The number of nitrogens with zero attached hydrogens (tertiary/aromatic N) is 6. The monoisotopic (exact) mass is 829 g/mol. The lowest BCUT2D eigenvalue weighted by molar-refractivity contribution is -0.142. The van der Waals surface area contributed by atoms with Gasteiger partial charge in [-0.25, -0.2) is 22.2 Å². The van der Waals surface area contributed by atoms with Gasteiger partial charge in [0.2, 0.25) is 21.8 Å². The predicted molar refractivity (Wildman–Crippen MR) is 193 cm³/mol. The Hall–Kier alpha value is -6.01. The van der Waals surface area contributed by atoms with Crippen molar-refractivity contribution in [2.24, 2.45) is 18.7 Å². The van der Waals surface area contributed by atoms with Crippen LogP contribution in [0.25, 0.3) is 22.0 Å². The minimum Gasteiger partial charge on any atom is -0.346 e. The zero-order valence-corrected chi connectivity index (χ0v) is 31.0. The van der Waals surface area contributed by atoms with E-state index in [0.29, 0.717) is 22.5 Å². The Bertz CT molecular complexity index is 2720. The van der Waals surface area contributed by atoms with Gasteiger partial charge in [0.15, 0.2) is 11.5 Å². The Morgan fingerprint density at radius 3 is 2.41 bits per heavy atom. The second-order valence-electron chi connectivity index (χ2n) is 14.4. The fraction of sp³-hybridized carbons (Fsp3) is 0.324. The summed E-state index contributed by atoms with van der Waals surface area (Å²) in [5.41, 5.74) is 3.44. The summed E-state index contributed by atoms with van der Waals surface area (Å²) in [7, 11) is -2.27. The molecule has 21 heteroatoms. The van der Waals surface area contributed by atoms with Gasteiger partial charge in [0, 0.05) is 54.2 Å². The molecule has 1 saturated heterocycles. The van der Waals surface area contributed by atoms with E-state index in [1.54, 1.807) is 18.2 Å². The van der Waals surface area contributed by atoms with Crippen LogP contribution in [0.2, 0.25) is 0 Å². The van der Waals surface area contributed by atoms with E-state index < -0.39 is 93.5 Å². The van der Waals surface area contributed by atoms with Crippen molar-refractivity contribution in [1.82, 2.24) is 29.9 Å². The number of para-hydroxylation sites is 1. The number of aromatic nitrogens is 5. The fourth-order valence-electron chi connectivity index (χ4n) is 7.81. The Morgan fingerprint density at radius 2 is 1.79 bits per heavy atom. The van der Waals surface area contributed by atoms with Gasteiger partial charge in [-0.15, -0.1) is 0 Å². The molecule has 2 aliphatic carbocycles. The van der Waals surface area contributed by atoms with Gasteiger partial charge in [-0.3, -0.25) is 28.6 Å². The molecule has 4 atom stereocenters. The van der Waals surface area contributed by atoms with E-state index in [9.17, 15) is 40.0 Å². The number of hydrogen-bond acceptors (Lipinski definition) is 8. The van der Waals surface area contributed by atoms with E-state index >= 15 is 8.78 Å². The number of nitrogens with two attached hydrogens (primary N) is 1. The quantitative estimate of drug-likeness (QED) is 0.137. The number of anilines is 2. The number of pyridine rings is 1. The van der Waals surface area contributed by atoms with Crippen molar-refractivity contribution in [3.63, 3.8) is 0 Å². The lowest BCUT2D eigenvalue weighted by Gasteiger charge is -2.25. The van der Waals surface area contributed by atoms with Gasteiger partial charge in [-0.1, -0.05) is 24.0 Å². The number of carbonyl (C=O) groups excluding carboxylic acids is 2. The second kappa shape index (κ2) is 13.5. The number of aryl methyl sites for hydroxylation is 1. The van der Waals surface area contributed by atoms with E-state index in [1.807, 2.05) is 0 Å². The molecule has 8 rings (SSSR count). The van der Waals surface area contributed by atoms with Gasteiger partial charge in [-0.2, -0.15) is 32.1 Å². The number of carbonyl (C=O) groups is 2. The van der Waals surface area contributed by atoms with Crippen molar-refractivity contribution < 1.29 is 48.7 Å². The maximum Gasteiger partial charge on any atom is 0.435 e. The van der Waals surface area contributed by atoms with Gasteiger partial charge in [0.05, 0.1) is 29.4 Å². The number of hydrogen-bond donors (Lipinski definition) is 3. The van der Waals surface area contributed by atoms with Crippen molar-refractivity contribution in [2.45, 2.75) is 49.5 Å². The van der Waals surface area contributed by atoms with Crippen LogP contribution >= 0.6 is 0 Å². The molecule has 1 unspecified atom stereocenters. The molecule has 2 aromatic carbocycles. The molecule has 1 fully saturated rings. The van der Waals surface area contributed by atoms with Crippen LogP contribution in [0.4, 0.5) is 42.4 Å². The number of halogens is 7. The van der Waals surface area contributed by atoms with Crippen LogP contribution in [0.3, 0.4) is 0 Å². The van der Waals surface area contributed by atoms with E-state index in [1.165, 1.54) is 28.8 Å². The number of sulfonamides is 1. The average Bonchev–Trinajstić information content (AvgIpc) is 3.77. The van der Waals surface area contributed by atoms with E-state index in [-0.39, 0.29) is 52.0 Å². The SMILES string of the molecule is Cn1nc(NS(C)(=O)=O)c2cccc(-c3ccc(N4CC(N)CC4=O)nc3[C@H](Cc3cc(F)cc(F)c3)NC(=O)Cn3nc(C(F)(F)F)c4c3C(F)(F)[C@@H]3C#C[C@H]43)c21. The summed E-state index contributed by atoms with van der Waals surface area (Å²) in [5.74, 6) is -5.92. The maximum absolute atomic E-state index is 15.6. The number of alkyl halides is 5. The zero-order chi connectivity index (χ0) is 41.6. The third kappa shape index (κ3) is 6.78. The summed E-state index contributed by atoms with van der Waals surface area (Å²) in [5, 5.41) is 10.7. The van der Waals surface area contributed by atoms with Crippen molar-refractivity contribution in [1.29, 1.82) is 0 Å². The van der Waals surface area contributed by atoms with Crippen LogP contribution in [-0.4, -0.2) is 63.6 Å². The third-order valence-electron chi connectivity index (χ3n) is 10.1. The van der Waals surface area contributed by atoms with Crippen LogP contribution in [0.15, 0.2) is 48.5 Å². The van der Waals surface area contributed by atoms with Gasteiger partial charge in [0.25, 0.3) is 0 Å². The molecule has 0 bridgehead atoms. The van der Waals surface area contributed by atoms with Gasteiger partial charge in [-0.05, 0) is 42.3 Å². The predicted octanol–water partition coefficient (Wildman–Crippen LogP) is 4.49. The summed E-state index contributed by atoms with van der Waals surface area (Å²) in [6, 6.07) is 8.42. The molecule has 4 heterocycles. The molecule has 0 radical (unpaired) electrons. The normalized spacial score (nSPS) is 20.0. The summed E-state index contributed by atoms with van der Waals surface area (Å²) in [6.45, 7) is -1.09. The van der Waals surface area contributed by atoms with Crippen LogP contribution in [0.5, 0.6) is 0 Å². The number of fused-ring (bicyclic) bond motifs is 4. The minimum atomic E-state index is -5.16. The van der Waals surface area contributed by atoms with Gasteiger partial charge < -0.3 is 11.1 Å². The van der Waals surface area contributed by atoms with Crippen molar-refractivity contribution in [3.8, 4) is 23.0 Å². The largest absolute Gasteiger partial charge is 0.435 e. The molecule has 3 aromatic heterocycles. The van der Waals surface area contributed by atoms with Gasteiger partial charge in [0.1, 0.15) is 35.6 Å². The smallest absolute Gasteiger partial charge is 0.346 e. The molecular formula is C37H30F7N9O4S. The third-order valence-corrected chi connectivity index (χ3v) is 10.7. The number of nitrogens with one attached hydrogen (secondary N) is 2. The molecule has 1 aliphatic heterocycles. The highest BCUT2D eigenvalue weighted by Gasteiger charge is 2.62. The average molecular weight is 830 g/mol. The number of benzene rings is 2. The first-order chi connectivity index (χ1) is 27.2. The van der Waals surface area contributed by atoms with Crippen molar-refractivity contribution in [3.05, 3.63) is 88.4 Å². The summed E-state index contributed by atoms with van der Waals surface area (Å²) in [4.78, 5) is 33.0. The standard InChI is InChI=1S/C37H30F7N9O4S/c1-51-32-22(4-3-5-24(32)35(49-51)50-58(2,56)57)21-7-9-27(52-15-20(45)14-29(52)55)47-31(21)26(12-17-10-18(38)13-19(39)11-17)46-28(54)16-53-34-30(33(48-53)37(42,43)44)23-6-8-25(23)36(34,40)41/h3-5,7,9-11,13,20,23,25-26H,12,14-16,45H2,1-2H3,(H,46,54)(H,49,50)/t20?,23-,25+,26-/m0/s1.